The van der Waals surface area contributed by atoms with Crippen LogP contribution in [0, 0.1) is 6.92 Å². The summed E-state index contributed by atoms with van der Waals surface area (Å²) in [4.78, 5) is 4.43. The fourth-order valence-electron chi connectivity index (χ4n) is 1.13. The van der Waals surface area contributed by atoms with Gasteiger partial charge >= 0.3 is 0 Å². The summed E-state index contributed by atoms with van der Waals surface area (Å²) in [6, 6.07) is 0.537. The highest BCUT2D eigenvalue weighted by atomic mass is 32.2. The van der Waals surface area contributed by atoms with E-state index in [0.29, 0.717) is 12.6 Å². The molecule has 2 rings (SSSR count). The molecule has 1 aromatic heterocycles. The predicted molar refractivity (Wildman–Crippen MR) is 60.8 cm³/mol. The first-order valence-electron chi connectivity index (χ1n) is 4.47. The van der Waals surface area contributed by atoms with Crippen LogP contribution in [-0.2, 0) is 6.54 Å². The van der Waals surface area contributed by atoms with Gasteiger partial charge in [-0.1, -0.05) is 23.1 Å². The Morgan fingerprint density at radius 3 is 3.00 bits per heavy atom. The van der Waals surface area contributed by atoms with E-state index in [1.165, 1.54) is 0 Å². The van der Waals surface area contributed by atoms with Crippen LogP contribution in [0.1, 0.15) is 16.9 Å². The van der Waals surface area contributed by atoms with Crippen molar-refractivity contribution < 1.29 is 0 Å². The molecular formula is C8H12N4S2. The molecule has 0 aliphatic carbocycles. The van der Waals surface area contributed by atoms with E-state index in [2.05, 4.69) is 27.4 Å². The molecule has 0 spiro atoms. The van der Waals surface area contributed by atoms with Gasteiger partial charge in [-0.15, -0.1) is 10.2 Å². The molecule has 1 aromatic rings. The molecule has 2 heterocycles. The number of nitrogens with one attached hydrogen (secondary N) is 1. The number of nitrogens with zero attached hydrogens (tertiary/aromatic N) is 3. The summed E-state index contributed by atoms with van der Waals surface area (Å²) in [6.45, 7) is 4.76. The van der Waals surface area contributed by atoms with Gasteiger partial charge in [0.1, 0.15) is 10.0 Å². The Labute approximate surface area is 91.2 Å². The third kappa shape index (κ3) is 2.45. The first-order valence-corrected chi connectivity index (χ1v) is 6.27. The molecule has 14 heavy (non-hydrogen) atoms. The van der Waals surface area contributed by atoms with E-state index in [0.717, 1.165) is 20.9 Å². The molecule has 4 nitrogen and oxygen atoms in total. The highest BCUT2D eigenvalue weighted by Gasteiger charge is 2.15. The Morgan fingerprint density at radius 1 is 1.57 bits per heavy atom. The van der Waals surface area contributed by atoms with Crippen molar-refractivity contribution >= 4 is 28.3 Å². The monoisotopic (exact) mass is 228 g/mol. The van der Waals surface area contributed by atoms with Gasteiger partial charge < -0.3 is 5.32 Å². The molecule has 0 saturated carbocycles. The third-order valence-corrected chi connectivity index (χ3v) is 3.78. The third-order valence-electron chi connectivity index (χ3n) is 1.77. The van der Waals surface area contributed by atoms with Gasteiger partial charge in [0.2, 0.25) is 0 Å². The van der Waals surface area contributed by atoms with Gasteiger partial charge in [0.25, 0.3) is 0 Å². The fraction of sp³-hybridized carbons (Fsp3) is 0.625. The number of hydrogen-bond acceptors (Lipinski definition) is 5. The van der Waals surface area contributed by atoms with E-state index < -0.39 is 0 Å². The number of hydrogen-bond donors (Lipinski definition) is 1. The number of aliphatic imine (C=N–C) groups is 1. The quantitative estimate of drug-likeness (QED) is 0.832. The molecule has 6 heteroatoms. The lowest BCUT2D eigenvalue weighted by atomic mass is 10.4. The second kappa shape index (κ2) is 4.27. The molecule has 1 unspecified atom stereocenters. The van der Waals surface area contributed by atoms with Gasteiger partial charge in [-0.3, -0.25) is 4.99 Å². The molecule has 0 aromatic carbocycles. The number of thioether (sulfide) groups is 1. The van der Waals surface area contributed by atoms with Crippen LogP contribution < -0.4 is 5.32 Å². The zero-order valence-electron chi connectivity index (χ0n) is 8.15. The standard InChI is InChI=1S/C8H12N4S2/c1-5-4-13-8(10-5)9-3-7-12-11-6(2)14-7/h5H,3-4H2,1-2H3,(H,9,10). The lowest BCUT2D eigenvalue weighted by Gasteiger charge is -1.99. The van der Waals surface area contributed by atoms with E-state index in [-0.39, 0.29) is 0 Å². The Morgan fingerprint density at radius 2 is 2.43 bits per heavy atom. The zero-order valence-corrected chi connectivity index (χ0v) is 9.78. The zero-order chi connectivity index (χ0) is 9.97. The van der Waals surface area contributed by atoms with Gasteiger partial charge in [0.15, 0.2) is 5.17 Å². The SMILES string of the molecule is Cc1nnc(CN=C2NC(C)CS2)s1. The van der Waals surface area contributed by atoms with E-state index in [4.69, 9.17) is 0 Å². The van der Waals surface area contributed by atoms with Crippen molar-refractivity contribution in [2.45, 2.75) is 26.4 Å². The second-order valence-electron chi connectivity index (χ2n) is 3.19. The predicted octanol–water partition coefficient (Wildman–Crippen LogP) is 1.43. The fourth-order valence-corrected chi connectivity index (χ4v) is 2.70. The number of aromatic nitrogens is 2. The largest absolute Gasteiger partial charge is 0.362 e. The van der Waals surface area contributed by atoms with Crippen LogP contribution in [0.5, 0.6) is 0 Å². The maximum atomic E-state index is 4.43. The molecular weight excluding hydrogens is 216 g/mol. The van der Waals surface area contributed by atoms with Crippen molar-refractivity contribution in [2.24, 2.45) is 4.99 Å². The Kier molecular flexibility index (Phi) is 3.02. The maximum Gasteiger partial charge on any atom is 0.157 e. The normalized spacial score (nSPS) is 24.1. The van der Waals surface area contributed by atoms with Crippen molar-refractivity contribution in [3.63, 3.8) is 0 Å². The smallest absolute Gasteiger partial charge is 0.157 e. The Hall–Kier alpha value is -0.620. The number of aryl methyl sites for hydroxylation is 1. The lowest BCUT2D eigenvalue weighted by Crippen LogP contribution is -2.23. The lowest BCUT2D eigenvalue weighted by molar-refractivity contribution is 0.764. The topological polar surface area (TPSA) is 50.2 Å². The summed E-state index contributed by atoms with van der Waals surface area (Å²) in [5.41, 5.74) is 0. The average Bonchev–Trinajstić information content (AvgIpc) is 2.72. The van der Waals surface area contributed by atoms with Crippen LogP contribution in [0.2, 0.25) is 0 Å². The van der Waals surface area contributed by atoms with Crippen molar-refractivity contribution in [2.75, 3.05) is 5.75 Å². The molecule has 0 amide bonds. The molecule has 1 aliphatic heterocycles. The minimum Gasteiger partial charge on any atom is -0.362 e. The molecule has 0 bridgehead atoms. The molecule has 1 N–H and O–H groups in total. The van der Waals surface area contributed by atoms with Crippen LogP contribution in [-0.4, -0.2) is 27.2 Å². The summed E-state index contributed by atoms with van der Waals surface area (Å²) in [5, 5.41) is 14.3. The van der Waals surface area contributed by atoms with Crippen LogP contribution >= 0.6 is 23.1 Å². The first kappa shape index (κ1) is 9.92. The average molecular weight is 228 g/mol. The first-order chi connectivity index (χ1) is 6.74. The summed E-state index contributed by atoms with van der Waals surface area (Å²) in [7, 11) is 0. The maximum absolute atomic E-state index is 4.43. The summed E-state index contributed by atoms with van der Waals surface area (Å²) in [5.74, 6) is 1.11. The van der Waals surface area contributed by atoms with Crippen LogP contribution in [0.25, 0.3) is 0 Å². The molecule has 1 fully saturated rings. The number of amidine groups is 1. The summed E-state index contributed by atoms with van der Waals surface area (Å²) < 4.78 is 0. The van der Waals surface area contributed by atoms with Crippen LogP contribution in [0.15, 0.2) is 4.99 Å². The molecule has 76 valence electrons. The number of rotatable bonds is 2. The summed E-state index contributed by atoms with van der Waals surface area (Å²) >= 11 is 3.38. The van der Waals surface area contributed by atoms with Gasteiger partial charge in [-0.25, -0.2) is 0 Å². The van der Waals surface area contributed by atoms with Crippen LogP contribution in [0.4, 0.5) is 0 Å². The van der Waals surface area contributed by atoms with Gasteiger partial charge in [-0.05, 0) is 13.8 Å². The summed E-state index contributed by atoms with van der Waals surface area (Å²) in [6.07, 6.45) is 0. The Balaban J connectivity index is 1.93. The van der Waals surface area contributed by atoms with Gasteiger partial charge in [0, 0.05) is 11.8 Å². The van der Waals surface area contributed by atoms with Gasteiger partial charge in [0.05, 0.1) is 6.54 Å². The van der Waals surface area contributed by atoms with Crippen molar-refractivity contribution in [1.29, 1.82) is 0 Å². The molecule has 0 radical (unpaired) electrons. The minimum absolute atomic E-state index is 0.537. The molecule has 1 atom stereocenters. The Bertz CT molecular complexity index is 347. The highest BCUT2D eigenvalue weighted by molar-refractivity contribution is 8.14. The van der Waals surface area contributed by atoms with Crippen molar-refractivity contribution in [3.05, 3.63) is 10.0 Å². The van der Waals surface area contributed by atoms with Crippen LogP contribution in [0.3, 0.4) is 0 Å². The van der Waals surface area contributed by atoms with E-state index in [1.807, 2.05) is 6.92 Å². The van der Waals surface area contributed by atoms with E-state index in [1.54, 1.807) is 23.1 Å². The minimum atomic E-state index is 0.537. The highest BCUT2D eigenvalue weighted by Crippen LogP contribution is 2.15. The van der Waals surface area contributed by atoms with Crippen molar-refractivity contribution in [3.8, 4) is 0 Å². The molecule has 1 saturated heterocycles. The van der Waals surface area contributed by atoms with Crippen molar-refractivity contribution in [1.82, 2.24) is 15.5 Å². The van der Waals surface area contributed by atoms with E-state index >= 15 is 0 Å². The van der Waals surface area contributed by atoms with Gasteiger partial charge in [-0.2, -0.15) is 0 Å². The second-order valence-corrected chi connectivity index (χ2v) is 5.47. The molecule has 1 aliphatic rings. The van der Waals surface area contributed by atoms with E-state index in [9.17, 15) is 0 Å².